The fourth-order valence-electron chi connectivity index (χ4n) is 4.16. The number of halogens is 1. The van der Waals surface area contributed by atoms with Crippen molar-refractivity contribution in [1.82, 2.24) is 4.40 Å². The minimum Gasteiger partial charge on any atom is -0.507 e. The number of aromatic hydroxyl groups is 1. The van der Waals surface area contributed by atoms with Crippen molar-refractivity contribution in [1.29, 1.82) is 0 Å². The van der Waals surface area contributed by atoms with Gasteiger partial charge in [0.2, 0.25) is 0 Å². The normalized spacial score (nSPS) is 12.8. The fraction of sp³-hybridized carbons (Fsp3) is 0.308. The van der Waals surface area contributed by atoms with Crippen molar-refractivity contribution in [3.8, 4) is 16.9 Å². The average Bonchev–Trinajstić information content (AvgIpc) is 2.96. The molecule has 0 spiro atoms. The molecule has 2 heterocycles. The number of pyridine rings is 1. The van der Waals surface area contributed by atoms with Gasteiger partial charge < -0.3 is 9.51 Å². The summed E-state index contributed by atoms with van der Waals surface area (Å²) < 4.78 is 17.0. The van der Waals surface area contributed by atoms with E-state index in [1.165, 1.54) is 6.07 Å². The third kappa shape index (κ3) is 3.09. The van der Waals surface area contributed by atoms with Gasteiger partial charge in [0, 0.05) is 28.3 Å². The summed E-state index contributed by atoms with van der Waals surface area (Å²) in [5.41, 5.74) is 4.60. The van der Waals surface area contributed by atoms with Gasteiger partial charge in [0.05, 0.1) is 11.0 Å². The number of hydrogen-bond acceptors (Lipinski definition) is 1. The molecule has 3 heteroatoms. The Morgan fingerprint density at radius 3 is 2.00 bits per heavy atom. The highest BCUT2D eigenvalue weighted by Gasteiger charge is 2.28. The van der Waals surface area contributed by atoms with Gasteiger partial charge in [-0.1, -0.05) is 59.7 Å². The maximum atomic E-state index is 15.0. The zero-order valence-electron chi connectivity index (χ0n) is 18.0. The number of phenols is 1. The summed E-state index contributed by atoms with van der Waals surface area (Å²) in [7, 11) is 0. The maximum Gasteiger partial charge on any atom is 0.147 e. The van der Waals surface area contributed by atoms with Gasteiger partial charge in [0.1, 0.15) is 11.6 Å². The van der Waals surface area contributed by atoms with Crippen LogP contribution in [0.25, 0.3) is 27.5 Å². The van der Waals surface area contributed by atoms with Crippen molar-refractivity contribution < 1.29 is 9.50 Å². The molecule has 0 aliphatic heterocycles. The van der Waals surface area contributed by atoms with Gasteiger partial charge in [-0.3, -0.25) is 0 Å². The lowest BCUT2D eigenvalue weighted by Crippen LogP contribution is -2.17. The van der Waals surface area contributed by atoms with Gasteiger partial charge in [-0.25, -0.2) is 4.39 Å². The van der Waals surface area contributed by atoms with Crippen LogP contribution in [0.3, 0.4) is 0 Å². The molecule has 0 aliphatic rings. The molecular formula is C26H28FNO. The lowest BCUT2D eigenvalue weighted by molar-refractivity contribution is 0.423. The quantitative estimate of drug-likeness (QED) is 0.366. The molecule has 4 aromatic rings. The molecule has 4 rings (SSSR count). The molecule has 0 amide bonds. The van der Waals surface area contributed by atoms with Gasteiger partial charge in [-0.15, -0.1) is 0 Å². The Morgan fingerprint density at radius 1 is 0.828 bits per heavy atom. The second kappa shape index (κ2) is 6.35. The molecular weight excluding hydrogens is 361 g/mol. The first-order valence-corrected chi connectivity index (χ1v) is 10.1. The van der Waals surface area contributed by atoms with E-state index in [2.05, 4.69) is 41.5 Å². The predicted octanol–water partition coefficient (Wildman–Crippen LogP) is 7.20. The molecule has 0 fully saturated rings. The topological polar surface area (TPSA) is 24.6 Å². The van der Waals surface area contributed by atoms with Crippen molar-refractivity contribution in [3.63, 3.8) is 0 Å². The van der Waals surface area contributed by atoms with E-state index in [0.717, 1.165) is 33.2 Å². The van der Waals surface area contributed by atoms with E-state index in [-0.39, 0.29) is 16.6 Å². The number of fused-ring (bicyclic) bond motifs is 3. The van der Waals surface area contributed by atoms with Crippen LogP contribution in [0.4, 0.5) is 4.39 Å². The number of rotatable bonds is 1. The highest BCUT2D eigenvalue weighted by Crippen LogP contribution is 2.45. The lowest BCUT2D eigenvalue weighted by Gasteiger charge is -2.28. The molecule has 150 valence electrons. The number of aromatic nitrogens is 1. The first-order chi connectivity index (χ1) is 13.5. The van der Waals surface area contributed by atoms with E-state index in [0.29, 0.717) is 11.3 Å². The van der Waals surface area contributed by atoms with Crippen molar-refractivity contribution >= 4 is 16.4 Å². The fourth-order valence-corrected chi connectivity index (χ4v) is 4.16. The Labute approximate surface area is 171 Å². The Balaban J connectivity index is 2.19. The summed E-state index contributed by atoms with van der Waals surface area (Å²) in [6.07, 6.45) is 1.90. The van der Waals surface area contributed by atoms with Crippen LogP contribution in [0.5, 0.6) is 5.75 Å². The van der Waals surface area contributed by atoms with Crippen molar-refractivity contribution in [3.05, 3.63) is 71.7 Å². The van der Waals surface area contributed by atoms with Crippen LogP contribution in [0, 0.1) is 5.82 Å². The van der Waals surface area contributed by atoms with E-state index in [9.17, 15) is 5.11 Å². The summed E-state index contributed by atoms with van der Waals surface area (Å²) in [5, 5.41) is 12.1. The summed E-state index contributed by atoms with van der Waals surface area (Å²) >= 11 is 0. The zero-order valence-corrected chi connectivity index (χ0v) is 18.0. The molecule has 2 nitrogen and oxygen atoms in total. The Hall–Kier alpha value is -2.81. The third-order valence-electron chi connectivity index (χ3n) is 5.63. The van der Waals surface area contributed by atoms with Gasteiger partial charge >= 0.3 is 0 Å². The second-order valence-corrected chi connectivity index (χ2v) is 9.89. The molecule has 0 aliphatic carbocycles. The minimum atomic E-state index is -0.249. The standard InChI is InChI=1S/C26H28FNO/c1-25(2,3)18-14-16(15-19(24(18)29)26(4,5)6)22-17-10-7-8-12-21(17)28-13-9-11-20(27)23(22)28/h7-15,29H,1-6H3. The molecule has 0 saturated heterocycles. The predicted molar refractivity (Wildman–Crippen MR) is 119 cm³/mol. The average molecular weight is 390 g/mol. The van der Waals surface area contributed by atoms with Gasteiger partial charge in [0.25, 0.3) is 0 Å². The van der Waals surface area contributed by atoms with Crippen LogP contribution in [-0.2, 0) is 10.8 Å². The molecule has 0 atom stereocenters. The molecule has 0 unspecified atom stereocenters. The molecule has 0 bridgehead atoms. The molecule has 0 saturated carbocycles. The number of para-hydroxylation sites is 1. The molecule has 0 radical (unpaired) electrons. The lowest BCUT2D eigenvalue weighted by atomic mass is 9.77. The summed E-state index contributed by atoms with van der Waals surface area (Å²) in [5.74, 6) is 0.0865. The van der Waals surface area contributed by atoms with E-state index in [1.807, 2.05) is 47.0 Å². The molecule has 1 N–H and O–H groups in total. The summed E-state index contributed by atoms with van der Waals surface area (Å²) in [4.78, 5) is 0. The molecule has 2 aromatic heterocycles. The van der Waals surface area contributed by atoms with Crippen molar-refractivity contribution in [2.75, 3.05) is 0 Å². The first kappa shape index (κ1) is 19.5. The number of hydrogen-bond donors (Lipinski definition) is 1. The van der Waals surface area contributed by atoms with Crippen LogP contribution >= 0.6 is 0 Å². The van der Waals surface area contributed by atoms with Crippen LogP contribution in [0.2, 0.25) is 0 Å². The Kier molecular flexibility index (Phi) is 4.27. The molecule has 29 heavy (non-hydrogen) atoms. The van der Waals surface area contributed by atoms with Gasteiger partial charge in [-0.2, -0.15) is 0 Å². The molecule has 2 aromatic carbocycles. The summed E-state index contributed by atoms with van der Waals surface area (Å²) in [6, 6.07) is 15.3. The van der Waals surface area contributed by atoms with Crippen molar-refractivity contribution in [2.45, 2.75) is 52.4 Å². The third-order valence-corrected chi connectivity index (χ3v) is 5.63. The van der Waals surface area contributed by atoms with E-state index >= 15 is 4.39 Å². The smallest absolute Gasteiger partial charge is 0.147 e. The number of phenolic OH excluding ortho intramolecular Hbond substituents is 1. The Morgan fingerprint density at radius 2 is 1.41 bits per heavy atom. The zero-order chi connectivity index (χ0) is 21.1. The Bertz CT molecular complexity index is 1200. The minimum absolute atomic E-state index is 0.246. The summed E-state index contributed by atoms with van der Waals surface area (Å²) in [6.45, 7) is 12.6. The highest BCUT2D eigenvalue weighted by molar-refractivity contribution is 6.06. The van der Waals surface area contributed by atoms with Crippen LogP contribution in [-0.4, -0.2) is 9.51 Å². The number of benzene rings is 2. The van der Waals surface area contributed by atoms with E-state index < -0.39 is 0 Å². The second-order valence-electron chi connectivity index (χ2n) is 9.89. The highest BCUT2D eigenvalue weighted by atomic mass is 19.1. The monoisotopic (exact) mass is 389 g/mol. The maximum absolute atomic E-state index is 15.0. The largest absolute Gasteiger partial charge is 0.507 e. The van der Waals surface area contributed by atoms with E-state index in [4.69, 9.17) is 0 Å². The SMILES string of the molecule is CC(C)(C)c1cc(-c2c3ccccc3n3cccc(F)c23)cc(C(C)(C)C)c1O. The van der Waals surface area contributed by atoms with E-state index in [1.54, 1.807) is 6.07 Å². The van der Waals surface area contributed by atoms with Crippen LogP contribution in [0.15, 0.2) is 54.7 Å². The van der Waals surface area contributed by atoms with Gasteiger partial charge in [0.15, 0.2) is 0 Å². The number of nitrogens with zero attached hydrogens (tertiary/aromatic N) is 1. The van der Waals surface area contributed by atoms with Crippen LogP contribution in [0.1, 0.15) is 52.7 Å². The first-order valence-electron chi connectivity index (χ1n) is 10.1. The van der Waals surface area contributed by atoms with Gasteiger partial charge in [-0.05, 0) is 46.7 Å². The van der Waals surface area contributed by atoms with Crippen LogP contribution < -0.4 is 0 Å². The van der Waals surface area contributed by atoms with Crippen molar-refractivity contribution in [2.24, 2.45) is 0 Å².